The Morgan fingerprint density at radius 3 is 0.462 bits per heavy atom. The average molecular weight is 634 g/mol. The van der Waals surface area contributed by atoms with Crippen molar-refractivity contribution in [2.75, 3.05) is 0 Å². The van der Waals surface area contributed by atoms with Gasteiger partial charge >= 0.3 is 22.4 Å². The predicted molar refractivity (Wildman–Crippen MR) is 173 cm³/mol. The molecule has 0 amide bonds. The third-order valence-corrected chi connectivity index (χ3v) is 11.8. The Hall–Kier alpha value is -3.08. The monoisotopic (exact) mass is 633 g/mol. The number of rotatable bonds is 6. The van der Waals surface area contributed by atoms with Crippen molar-refractivity contribution in [1.82, 2.24) is 0 Å². The van der Waals surface area contributed by atoms with Crippen LogP contribution in [0.5, 0.6) is 0 Å². The molecule has 0 aromatic heterocycles. The van der Waals surface area contributed by atoms with E-state index in [2.05, 4.69) is 182 Å². The Bertz CT molecular complexity index is 1170. The standard InChI is InChI=1S/2C18H15P.Ag/c2*1-4-10-16(11-5-1)19(17-12-6-2-7-13-17)18-14-8-3-9-15-18;/h2*1-15H;/q;;+1/p+2. The van der Waals surface area contributed by atoms with Crippen molar-refractivity contribution in [3.8, 4) is 0 Å². The number of benzene rings is 6. The minimum atomic E-state index is -0.877. The molecule has 6 aromatic carbocycles. The van der Waals surface area contributed by atoms with Crippen LogP contribution >= 0.6 is 15.8 Å². The maximum Gasteiger partial charge on any atom is 1.00 e. The number of hydrogen-bond acceptors (Lipinski definition) is 0. The third-order valence-electron chi connectivity index (χ3n) is 6.37. The van der Waals surface area contributed by atoms with Crippen molar-refractivity contribution in [1.29, 1.82) is 0 Å². The molecule has 0 saturated carbocycles. The van der Waals surface area contributed by atoms with E-state index in [1.165, 1.54) is 31.8 Å². The Labute approximate surface area is 250 Å². The first-order valence-corrected chi connectivity index (χ1v) is 16.0. The summed E-state index contributed by atoms with van der Waals surface area (Å²) in [6, 6.07) is 65.0. The van der Waals surface area contributed by atoms with Gasteiger partial charge in [-0.05, 0) is 72.8 Å². The smallest absolute Gasteiger partial charge is 0.0620 e. The van der Waals surface area contributed by atoms with Crippen molar-refractivity contribution in [2.45, 2.75) is 0 Å². The molecular formula is C36H32AgP2+3. The molecule has 0 N–H and O–H groups in total. The molecule has 0 aliphatic heterocycles. The largest absolute Gasteiger partial charge is 1.00 e. The van der Waals surface area contributed by atoms with Gasteiger partial charge in [0.05, 0.1) is 15.8 Å². The molecule has 0 nitrogen and oxygen atoms in total. The van der Waals surface area contributed by atoms with Crippen LogP contribution in [0.2, 0.25) is 0 Å². The fourth-order valence-electron chi connectivity index (χ4n) is 4.63. The summed E-state index contributed by atoms with van der Waals surface area (Å²) in [5.41, 5.74) is 0. The molecule has 0 fully saturated rings. The van der Waals surface area contributed by atoms with Crippen LogP contribution in [0.4, 0.5) is 0 Å². The van der Waals surface area contributed by atoms with Gasteiger partial charge in [-0.1, -0.05) is 109 Å². The minimum Gasteiger partial charge on any atom is -0.0620 e. The Morgan fingerprint density at radius 1 is 0.205 bits per heavy atom. The van der Waals surface area contributed by atoms with Gasteiger partial charge in [-0.25, -0.2) is 0 Å². The van der Waals surface area contributed by atoms with E-state index in [4.69, 9.17) is 0 Å². The van der Waals surface area contributed by atoms with Crippen LogP contribution in [0.3, 0.4) is 0 Å². The molecule has 0 radical (unpaired) electrons. The Kier molecular flexibility index (Phi) is 11.5. The zero-order valence-electron chi connectivity index (χ0n) is 21.6. The quantitative estimate of drug-likeness (QED) is 0.148. The van der Waals surface area contributed by atoms with Crippen LogP contribution in [-0.2, 0) is 22.4 Å². The van der Waals surface area contributed by atoms with Crippen LogP contribution in [0, 0.1) is 0 Å². The van der Waals surface area contributed by atoms with Crippen LogP contribution in [0.25, 0.3) is 0 Å². The molecule has 0 spiro atoms. The summed E-state index contributed by atoms with van der Waals surface area (Å²) < 4.78 is 0. The molecule has 0 bridgehead atoms. The predicted octanol–water partition coefficient (Wildman–Crippen LogP) is 6.35. The first-order valence-electron chi connectivity index (χ1n) is 13.0. The van der Waals surface area contributed by atoms with E-state index < -0.39 is 15.8 Å². The third kappa shape index (κ3) is 7.97. The number of hydrogen-bond donors (Lipinski definition) is 0. The topological polar surface area (TPSA) is 0 Å². The van der Waals surface area contributed by atoms with E-state index in [-0.39, 0.29) is 22.4 Å². The maximum absolute atomic E-state index is 2.24. The van der Waals surface area contributed by atoms with Gasteiger partial charge in [0.2, 0.25) is 0 Å². The van der Waals surface area contributed by atoms with Crippen molar-refractivity contribution in [3.05, 3.63) is 182 Å². The van der Waals surface area contributed by atoms with Crippen LogP contribution in [-0.4, -0.2) is 0 Å². The van der Waals surface area contributed by atoms with Crippen LogP contribution in [0.15, 0.2) is 182 Å². The summed E-state index contributed by atoms with van der Waals surface area (Å²) >= 11 is 0. The summed E-state index contributed by atoms with van der Waals surface area (Å²) in [6.07, 6.45) is 0. The fraction of sp³-hybridized carbons (Fsp3) is 0. The molecule has 6 aromatic rings. The molecule has 6 rings (SSSR count). The van der Waals surface area contributed by atoms with E-state index in [1.54, 1.807) is 0 Å². The van der Waals surface area contributed by atoms with Crippen molar-refractivity contribution < 1.29 is 22.4 Å². The zero-order chi connectivity index (χ0) is 25.8. The molecule has 0 unspecified atom stereocenters. The molecule has 0 heterocycles. The second-order valence-electron chi connectivity index (χ2n) is 8.95. The van der Waals surface area contributed by atoms with E-state index in [0.29, 0.717) is 0 Å². The molecular weight excluding hydrogens is 602 g/mol. The van der Waals surface area contributed by atoms with Gasteiger partial charge in [-0.2, -0.15) is 0 Å². The Balaban J connectivity index is 0.000000176. The van der Waals surface area contributed by atoms with E-state index in [0.717, 1.165) is 0 Å². The van der Waals surface area contributed by atoms with Gasteiger partial charge in [0.15, 0.2) is 0 Å². The first-order chi connectivity index (χ1) is 18.9. The normalized spacial score (nSPS) is 10.3. The molecule has 0 aliphatic carbocycles. The summed E-state index contributed by atoms with van der Waals surface area (Å²) in [4.78, 5) is 0. The van der Waals surface area contributed by atoms with Crippen molar-refractivity contribution >= 4 is 47.7 Å². The van der Waals surface area contributed by atoms with Crippen molar-refractivity contribution in [2.24, 2.45) is 0 Å². The van der Waals surface area contributed by atoms with Crippen LogP contribution in [0.1, 0.15) is 0 Å². The maximum atomic E-state index is 2.24. The van der Waals surface area contributed by atoms with E-state index in [9.17, 15) is 0 Å². The van der Waals surface area contributed by atoms with E-state index >= 15 is 0 Å². The molecule has 39 heavy (non-hydrogen) atoms. The average Bonchev–Trinajstić information content (AvgIpc) is 3.01. The zero-order valence-corrected chi connectivity index (χ0v) is 25.1. The second-order valence-corrected chi connectivity index (χ2v) is 13.9. The first kappa shape index (κ1) is 28.9. The summed E-state index contributed by atoms with van der Waals surface area (Å²) in [6.45, 7) is 0. The van der Waals surface area contributed by atoms with E-state index in [1.807, 2.05) is 0 Å². The van der Waals surface area contributed by atoms with Gasteiger partial charge in [-0.15, -0.1) is 0 Å². The van der Waals surface area contributed by atoms with Gasteiger partial charge < -0.3 is 0 Å². The second kappa shape index (κ2) is 15.5. The minimum absolute atomic E-state index is 0. The molecule has 0 aliphatic rings. The van der Waals surface area contributed by atoms with Crippen molar-refractivity contribution in [3.63, 3.8) is 0 Å². The van der Waals surface area contributed by atoms with Gasteiger partial charge in [0.1, 0.15) is 31.8 Å². The summed E-state index contributed by atoms with van der Waals surface area (Å²) in [5.74, 6) is 0. The van der Waals surface area contributed by atoms with Gasteiger partial charge in [0, 0.05) is 0 Å². The Morgan fingerprint density at radius 2 is 0.333 bits per heavy atom. The molecule has 0 saturated heterocycles. The summed E-state index contributed by atoms with van der Waals surface area (Å²) in [7, 11) is -1.75. The SMILES string of the molecule is [Ag+].c1ccc([PH+](c2ccccc2)c2ccccc2)cc1.c1ccc([PH+](c2ccccc2)c2ccccc2)cc1. The molecule has 3 heteroatoms. The van der Waals surface area contributed by atoms with Gasteiger partial charge in [0.25, 0.3) is 0 Å². The molecule has 194 valence electrons. The van der Waals surface area contributed by atoms with Gasteiger partial charge in [-0.3, -0.25) is 0 Å². The molecule has 0 atom stereocenters. The fourth-order valence-corrected chi connectivity index (χ4v) is 9.78. The van der Waals surface area contributed by atoms with Crippen LogP contribution < -0.4 is 31.8 Å². The summed E-state index contributed by atoms with van der Waals surface area (Å²) in [5, 5.41) is 8.61.